The van der Waals surface area contributed by atoms with Gasteiger partial charge in [0.15, 0.2) is 0 Å². The zero-order valence-corrected chi connectivity index (χ0v) is 10.2. The Morgan fingerprint density at radius 1 is 1.12 bits per heavy atom. The van der Waals surface area contributed by atoms with E-state index in [-0.39, 0.29) is 17.2 Å². The highest BCUT2D eigenvalue weighted by Gasteiger charge is 2.04. The second-order valence-electron chi connectivity index (χ2n) is 2.80. The maximum Gasteiger partial charge on any atom is 0.328 e. The van der Waals surface area contributed by atoms with Crippen molar-refractivity contribution in [3.63, 3.8) is 0 Å². The molecule has 82 valence electrons. The molecule has 5 nitrogen and oxygen atoms in total. The third-order valence-electron chi connectivity index (χ3n) is 1.63. The minimum absolute atomic E-state index is 0.000360. The number of nitrogens with zero attached hydrogens (tertiary/aromatic N) is 3. The lowest BCUT2D eigenvalue weighted by Crippen LogP contribution is -2.00. The van der Waals surface area contributed by atoms with Gasteiger partial charge >= 0.3 is 6.01 Å². The molecule has 2 N–H and O–H groups in total. The lowest BCUT2D eigenvalue weighted by molar-refractivity contribution is 0.440. The Bertz CT molecular complexity index is 485. The standard InChI is InChI=1S/C9H6BrClN4O/c10-5-1-3-6(4-2-5)16-9-14-7(11)13-8(12)15-9/h1-4H,(H2,12,13,14,15). The third-order valence-corrected chi connectivity index (χ3v) is 2.33. The van der Waals surface area contributed by atoms with Crippen LogP contribution in [0.15, 0.2) is 28.7 Å². The fraction of sp³-hybridized carbons (Fsp3) is 0. The lowest BCUT2D eigenvalue weighted by atomic mass is 10.3. The van der Waals surface area contributed by atoms with Crippen molar-refractivity contribution >= 4 is 33.5 Å². The molecule has 2 rings (SSSR count). The largest absolute Gasteiger partial charge is 0.424 e. The summed E-state index contributed by atoms with van der Waals surface area (Å²) < 4.78 is 6.30. The van der Waals surface area contributed by atoms with Crippen LogP contribution in [0.25, 0.3) is 0 Å². The van der Waals surface area contributed by atoms with Gasteiger partial charge in [-0.25, -0.2) is 0 Å². The minimum atomic E-state index is -0.000360. The molecule has 7 heteroatoms. The average Bonchev–Trinajstić information content (AvgIpc) is 2.20. The molecule has 2 aromatic rings. The van der Waals surface area contributed by atoms with Gasteiger partial charge in [-0.1, -0.05) is 15.9 Å². The van der Waals surface area contributed by atoms with E-state index < -0.39 is 0 Å². The van der Waals surface area contributed by atoms with Gasteiger partial charge in [-0.05, 0) is 35.9 Å². The fourth-order valence-corrected chi connectivity index (χ4v) is 1.42. The molecule has 0 bridgehead atoms. The monoisotopic (exact) mass is 300 g/mol. The number of halogens is 2. The summed E-state index contributed by atoms with van der Waals surface area (Å²) in [5.74, 6) is 0.608. The third kappa shape index (κ3) is 2.80. The molecule has 0 aliphatic carbocycles. The van der Waals surface area contributed by atoms with E-state index in [0.29, 0.717) is 5.75 Å². The summed E-state index contributed by atoms with van der Waals surface area (Å²) >= 11 is 8.93. The number of rotatable bonds is 2. The average molecular weight is 302 g/mol. The molecule has 0 aliphatic heterocycles. The first-order valence-corrected chi connectivity index (χ1v) is 5.41. The summed E-state index contributed by atoms with van der Waals surface area (Å²) in [7, 11) is 0. The lowest BCUT2D eigenvalue weighted by Gasteiger charge is -2.03. The fourth-order valence-electron chi connectivity index (χ4n) is 1.00. The summed E-state index contributed by atoms with van der Waals surface area (Å²) in [5, 5.41) is -0.000360. The van der Waals surface area contributed by atoms with Gasteiger partial charge in [0.1, 0.15) is 5.75 Å². The van der Waals surface area contributed by atoms with Gasteiger partial charge in [0.25, 0.3) is 0 Å². The van der Waals surface area contributed by atoms with Crippen molar-refractivity contribution in [2.45, 2.75) is 0 Å². The molecule has 1 aromatic carbocycles. The number of nitrogen functional groups attached to an aromatic ring is 1. The second kappa shape index (κ2) is 4.63. The maximum atomic E-state index is 5.61. The number of anilines is 1. The van der Waals surface area contributed by atoms with Gasteiger partial charge in [0.2, 0.25) is 11.2 Å². The predicted octanol–water partition coefficient (Wildman–Crippen LogP) is 2.66. The van der Waals surface area contributed by atoms with Crippen LogP contribution in [0.5, 0.6) is 11.8 Å². The Morgan fingerprint density at radius 2 is 1.81 bits per heavy atom. The summed E-state index contributed by atoms with van der Waals surface area (Å²) in [6.45, 7) is 0. The first kappa shape index (κ1) is 11.1. The predicted molar refractivity (Wildman–Crippen MR) is 63.5 cm³/mol. The zero-order chi connectivity index (χ0) is 11.5. The minimum Gasteiger partial charge on any atom is -0.424 e. The smallest absolute Gasteiger partial charge is 0.328 e. The van der Waals surface area contributed by atoms with Crippen LogP contribution in [-0.2, 0) is 0 Å². The Hall–Kier alpha value is -1.40. The summed E-state index contributed by atoms with van der Waals surface area (Å²) in [6.07, 6.45) is 0. The number of nitrogens with two attached hydrogens (primary N) is 1. The molecule has 0 radical (unpaired) electrons. The molecule has 0 saturated carbocycles. The van der Waals surface area contributed by atoms with E-state index in [2.05, 4.69) is 30.9 Å². The molecule has 0 atom stereocenters. The first-order valence-electron chi connectivity index (χ1n) is 4.24. The maximum absolute atomic E-state index is 5.61. The molecule has 0 aliphatic rings. The molecule has 0 fully saturated rings. The molecule has 0 saturated heterocycles. The molecular formula is C9H6BrClN4O. The Labute approximate surface area is 105 Å². The highest BCUT2D eigenvalue weighted by atomic mass is 79.9. The molecule has 0 amide bonds. The van der Waals surface area contributed by atoms with E-state index in [1.165, 1.54) is 0 Å². The highest BCUT2D eigenvalue weighted by Crippen LogP contribution is 2.21. The van der Waals surface area contributed by atoms with E-state index in [1.54, 1.807) is 12.1 Å². The van der Waals surface area contributed by atoms with Gasteiger partial charge in [0.05, 0.1) is 0 Å². The van der Waals surface area contributed by atoms with E-state index >= 15 is 0 Å². The molecule has 16 heavy (non-hydrogen) atoms. The topological polar surface area (TPSA) is 73.9 Å². The van der Waals surface area contributed by atoms with Crippen LogP contribution in [0.1, 0.15) is 0 Å². The highest BCUT2D eigenvalue weighted by molar-refractivity contribution is 9.10. The van der Waals surface area contributed by atoms with Gasteiger partial charge in [-0.2, -0.15) is 15.0 Å². The Balaban J connectivity index is 2.23. The van der Waals surface area contributed by atoms with E-state index in [1.807, 2.05) is 12.1 Å². The molecule has 0 unspecified atom stereocenters. The second-order valence-corrected chi connectivity index (χ2v) is 4.05. The van der Waals surface area contributed by atoms with Crippen LogP contribution in [-0.4, -0.2) is 15.0 Å². The van der Waals surface area contributed by atoms with Gasteiger partial charge in [0, 0.05) is 4.47 Å². The summed E-state index contributed by atoms with van der Waals surface area (Å²) in [5.41, 5.74) is 5.40. The van der Waals surface area contributed by atoms with E-state index in [9.17, 15) is 0 Å². The summed E-state index contributed by atoms with van der Waals surface area (Å²) in [4.78, 5) is 11.2. The molecular weight excluding hydrogens is 295 g/mol. The SMILES string of the molecule is Nc1nc(Cl)nc(Oc2ccc(Br)cc2)n1. The first-order chi connectivity index (χ1) is 7.63. The van der Waals surface area contributed by atoms with E-state index in [0.717, 1.165) is 4.47 Å². The summed E-state index contributed by atoms with van der Waals surface area (Å²) in [6, 6.07) is 7.26. The van der Waals surface area contributed by atoms with E-state index in [4.69, 9.17) is 22.1 Å². The van der Waals surface area contributed by atoms with Crippen molar-refractivity contribution in [2.24, 2.45) is 0 Å². The van der Waals surface area contributed by atoms with Gasteiger partial charge < -0.3 is 10.5 Å². The van der Waals surface area contributed by atoms with Gasteiger partial charge in [-0.3, -0.25) is 0 Å². The van der Waals surface area contributed by atoms with Crippen LogP contribution >= 0.6 is 27.5 Å². The van der Waals surface area contributed by atoms with Crippen LogP contribution in [0.4, 0.5) is 5.95 Å². The number of hydrogen-bond acceptors (Lipinski definition) is 5. The van der Waals surface area contributed by atoms with Crippen LogP contribution < -0.4 is 10.5 Å². The Morgan fingerprint density at radius 3 is 2.44 bits per heavy atom. The van der Waals surface area contributed by atoms with Crippen molar-refractivity contribution in [1.29, 1.82) is 0 Å². The normalized spacial score (nSPS) is 10.1. The Kier molecular flexibility index (Phi) is 3.21. The van der Waals surface area contributed by atoms with Crippen molar-refractivity contribution in [3.05, 3.63) is 34.0 Å². The quantitative estimate of drug-likeness (QED) is 0.923. The number of benzene rings is 1. The van der Waals surface area contributed by atoms with Crippen molar-refractivity contribution in [3.8, 4) is 11.8 Å². The number of ether oxygens (including phenoxy) is 1. The molecule has 0 spiro atoms. The number of hydrogen-bond donors (Lipinski definition) is 1. The van der Waals surface area contributed by atoms with Crippen molar-refractivity contribution in [1.82, 2.24) is 15.0 Å². The van der Waals surface area contributed by atoms with Gasteiger partial charge in [-0.15, -0.1) is 0 Å². The number of aromatic nitrogens is 3. The van der Waals surface area contributed by atoms with Crippen LogP contribution in [0.2, 0.25) is 5.28 Å². The zero-order valence-electron chi connectivity index (χ0n) is 7.89. The van der Waals surface area contributed by atoms with Crippen molar-refractivity contribution < 1.29 is 4.74 Å². The van der Waals surface area contributed by atoms with Crippen LogP contribution in [0.3, 0.4) is 0 Å². The van der Waals surface area contributed by atoms with Crippen LogP contribution in [0, 0.1) is 0 Å². The molecule has 1 heterocycles. The van der Waals surface area contributed by atoms with Crippen molar-refractivity contribution in [2.75, 3.05) is 5.73 Å². The molecule has 1 aromatic heterocycles.